The van der Waals surface area contributed by atoms with Crippen molar-refractivity contribution in [3.05, 3.63) is 71.3 Å². The number of rotatable bonds is 8. The molecule has 0 bridgehead atoms. The lowest BCUT2D eigenvalue weighted by Crippen LogP contribution is -2.48. The zero-order valence-electron chi connectivity index (χ0n) is 13.9. The first-order valence-electron chi connectivity index (χ1n) is 8.06. The molecule has 2 unspecified atom stereocenters. The number of benzene rings is 2. The Kier molecular flexibility index (Phi) is 7.02. The molecule has 0 spiro atoms. The first-order valence-corrected chi connectivity index (χ1v) is 8.06. The molecule has 0 radical (unpaired) electrons. The van der Waals surface area contributed by atoms with Crippen molar-refractivity contribution in [2.45, 2.75) is 25.1 Å². The SMILES string of the molecule is C#Cc1cccc(CNCC(O)C(Cc2ccccc2)NC(=O)O)c1. The van der Waals surface area contributed by atoms with Crippen LogP contribution in [0.3, 0.4) is 0 Å². The van der Waals surface area contributed by atoms with Gasteiger partial charge in [-0.3, -0.25) is 0 Å². The minimum absolute atomic E-state index is 0.262. The van der Waals surface area contributed by atoms with Crippen LogP contribution in [0.1, 0.15) is 16.7 Å². The summed E-state index contributed by atoms with van der Waals surface area (Å²) in [5.41, 5.74) is 2.77. The van der Waals surface area contributed by atoms with Gasteiger partial charge in [-0.15, -0.1) is 6.42 Å². The van der Waals surface area contributed by atoms with Crippen molar-refractivity contribution in [2.75, 3.05) is 6.54 Å². The Morgan fingerprint density at radius 3 is 2.52 bits per heavy atom. The van der Waals surface area contributed by atoms with Crippen LogP contribution in [0.4, 0.5) is 4.79 Å². The van der Waals surface area contributed by atoms with Crippen LogP contribution in [0, 0.1) is 12.3 Å². The highest BCUT2D eigenvalue weighted by Gasteiger charge is 2.21. The third-order valence-electron chi connectivity index (χ3n) is 3.85. The number of carboxylic acid groups (broad SMARTS) is 1. The molecule has 0 aliphatic carbocycles. The zero-order valence-corrected chi connectivity index (χ0v) is 13.9. The molecule has 0 aromatic heterocycles. The predicted octanol–water partition coefficient (Wildman–Crippen LogP) is 2.00. The Morgan fingerprint density at radius 1 is 1.12 bits per heavy atom. The van der Waals surface area contributed by atoms with Gasteiger partial charge in [-0.1, -0.05) is 48.4 Å². The van der Waals surface area contributed by atoms with E-state index in [-0.39, 0.29) is 6.54 Å². The third kappa shape index (κ3) is 6.30. The highest BCUT2D eigenvalue weighted by Crippen LogP contribution is 2.07. The van der Waals surface area contributed by atoms with Crippen molar-refractivity contribution in [1.29, 1.82) is 0 Å². The molecule has 5 heteroatoms. The van der Waals surface area contributed by atoms with Crippen LogP contribution in [0.5, 0.6) is 0 Å². The van der Waals surface area contributed by atoms with E-state index in [4.69, 9.17) is 11.5 Å². The number of hydrogen-bond donors (Lipinski definition) is 4. The van der Waals surface area contributed by atoms with Gasteiger partial charge in [0, 0.05) is 18.7 Å². The van der Waals surface area contributed by atoms with Crippen LogP contribution in [0.25, 0.3) is 0 Å². The lowest BCUT2D eigenvalue weighted by Gasteiger charge is -2.23. The minimum Gasteiger partial charge on any atom is -0.465 e. The van der Waals surface area contributed by atoms with E-state index in [1.807, 2.05) is 54.6 Å². The van der Waals surface area contributed by atoms with E-state index < -0.39 is 18.2 Å². The van der Waals surface area contributed by atoms with Gasteiger partial charge < -0.3 is 20.8 Å². The summed E-state index contributed by atoms with van der Waals surface area (Å²) < 4.78 is 0. The summed E-state index contributed by atoms with van der Waals surface area (Å²) in [5, 5.41) is 24.9. The van der Waals surface area contributed by atoms with E-state index in [1.54, 1.807) is 0 Å². The number of hydrogen-bond acceptors (Lipinski definition) is 3. The van der Waals surface area contributed by atoms with E-state index in [1.165, 1.54) is 0 Å². The molecule has 2 aromatic carbocycles. The van der Waals surface area contributed by atoms with Gasteiger partial charge in [0.25, 0.3) is 0 Å². The van der Waals surface area contributed by atoms with Crippen LogP contribution >= 0.6 is 0 Å². The standard InChI is InChI=1S/C20H22N2O3/c1-2-15-9-6-10-17(11-15)13-21-14-19(23)18(22-20(24)25)12-16-7-4-3-5-8-16/h1,3-11,18-19,21-23H,12-14H2,(H,24,25). The van der Waals surface area contributed by atoms with Crippen molar-refractivity contribution < 1.29 is 15.0 Å². The smallest absolute Gasteiger partial charge is 0.404 e. The quantitative estimate of drug-likeness (QED) is 0.555. The highest BCUT2D eigenvalue weighted by atomic mass is 16.4. The second kappa shape index (κ2) is 9.48. The molecular formula is C20H22N2O3. The molecule has 4 N–H and O–H groups in total. The summed E-state index contributed by atoms with van der Waals surface area (Å²) in [6, 6.07) is 16.5. The fourth-order valence-corrected chi connectivity index (χ4v) is 2.59. The van der Waals surface area contributed by atoms with Gasteiger partial charge >= 0.3 is 6.09 Å². The lowest BCUT2D eigenvalue weighted by molar-refractivity contribution is 0.117. The summed E-state index contributed by atoms with van der Waals surface area (Å²) in [6.07, 6.45) is 3.79. The minimum atomic E-state index is -1.15. The van der Waals surface area contributed by atoms with Gasteiger partial charge in [-0.2, -0.15) is 0 Å². The second-order valence-electron chi connectivity index (χ2n) is 5.79. The Balaban J connectivity index is 1.91. The fraction of sp³-hybridized carbons (Fsp3) is 0.250. The van der Waals surface area contributed by atoms with Crippen LogP contribution < -0.4 is 10.6 Å². The van der Waals surface area contributed by atoms with Gasteiger partial charge in [-0.25, -0.2) is 4.79 Å². The highest BCUT2D eigenvalue weighted by molar-refractivity contribution is 5.65. The monoisotopic (exact) mass is 338 g/mol. The number of aliphatic hydroxyl groups excluding tert-OH is 1. The van der Waals surface area contributed by atoms with Gasteiger partial charge in [-0.05, 0) is 29.7 Å². The molecule has 2 aromatic rings. The molecule has 0 fully saturated rings. The van der Waals surface area contributed by atoms with E-state index in [0.29, 0.717) is 13.0 Å². The maximum atomic E-state index is 11.0. The molecule has 0 aliphatic heterocycles. The summed E-state index contributed by atoms with van der Waals surface area (Å²) in [7, 11) is 0. The summed E-state index contributed by atoms with van der Waals surface area (Å²) in [5.74, 6) is 2.58. The molecule has 0 aliphatic rings. The Hall–Kier alpha value is -2.81. The van der Waals surface area contributed by atoms with Gasteiger partial charge in [0.2, 0.25) is 0 Å². The van der Waals surface area contributed by atoms with Gasteiger partial charge in [0.05, 0.1) is 12.1 Å². The van der Waals surface area contributed by atoms with Crippen molar-refractivity contribution >= 4 is 6.09 Å². The number of amides is 1. The van der Waals surface area contributed by atoms with Crippen molar-refractivity contribution in [2.24, 2.45) is 0 Å². The van der Waals surface area contributed by atoms with E-state index in [0.717, 1.165) is 16.7 Å². The van der Waals surface area contributed by atoms with Gasteiger partial charge in [0.15, 0.2) is 0 Å². The number of terminal acetylenes is 1. The second-order valence-corrected chi connectivity index (χ2v) is 5.79. The maximum Gasteiger partial charge on any atom is 0.404 e. The molecule has 5 nitrogen and oxygen atoms in total. The first-order chi connectivity index (χ1) is 12.1. The summed E-state index contributed by atoms with van der Waals surface area (Å²) >= 11 is 0. The number of carbonyl (C=O) groups is 1. The molecule has 0 heterocycles. The summed E-state index contributed by atoms with van der Waals surface area (Å²) in [4.78, 5) is 11.0. The molecule has 0 saturated heterocycles. The average molecular weight is 338 g/mol. The number of nitrogens with one attached hydrogen (secondary N) is 2. The fourth-order valence-electron chi connectivity index (χ4n) is 2.59. The Morgan fingerprint density at radius 2 is 1.84 bits per heavy atom. The van der Waals surface area contributed by atoms with Crippen molar-refractivity contribution in [3.63, 3.8) is 0 Å². The predicted molar refractivity (Wildman–Crippen MR) is 97.2 cm³/mol. The molecule has 2 rings (SSSR count). The topological polar surface area (TPSA) is 81.6 Å². The van der Waals surface area contributed by atoms with E-state index in [2.05, 4.69) is 16.6 Å². The summed E-state index contributed by atoms with van der Waals surface area (Å²) in [6.45, 7) is 0.801. The Bertz CT molecular complexity index is 725. The molecule has 1 amide bonds. The van der Waals surface area contributed by atoms with Crippen LogP contribution in [0.2, 0.25) is 0 Å². The normalized spacial score (nSPS) is 12.8. The third-order valence-corrected chi connectivity index (χ3v) is 3.85. The van der Waals surface area contributed by atoms with E-state index in [9.17, 15) is 9.90 Å². The average Bonchev–Trinajstić information content (AvgIpc) is 2.62. The van der Waals surface area contributed by atoms with Crippen molar-refractivity contribution in [3.8, 4) is 12.3 Å². The maximum absolute atomic E-state index is 11.0. The largest absolute Gasteiger partial charge is 0.465 e. The number of aliphatic hydroxyl groups is 1. The molecular weight excluding hydrogens is 316 g/mol. The van der Waals surface area contributed by atoms with Gasteiger partial charge in [0.1, 0.15) is 0 Å². The van der Waals surface area contributed by atoms with E-state index >= 15 is 0 Å². The Labute approximate surface area is 147 Å². The molecule has 2 atom stereocenters. The molecule has 130 valence electrons. The zero-order chi connectivity index (χ0) is 18.1. The van der Waals surface area contributed by atoms with Crippen molar-refractivity contribution in [1.82, 2.24) is 10.6 Å². The molecule has 0 saturated carbocycles. The molecule has 25 heavy (non-hydrogen) atoms. The van der Waals surface area contributed by atoms with Crippen LogP contribution in [-0.4, -0.2) is 35.0 Å². The van der Waals surface area contributed by atoms with Crippen LogP contribution in [0.15, 0.2) is 54.6 Å². The first kappa shape index (κ1) is 18.5. The lowest BCUT2D eigenvalue weighted by atomic mass is 10.0. The van der Waals surface area contributed by atoms with Crippen LogP contribution in [-0.2, 0) is 13.0 Å².